The Kier molecular flexibility index (Phi) is 9.42. The van der Waals surface area contributed by atoms with Crippen LogP contribution >= 0.6 is 0 Å². The minimum absolute atomic E-state index is 0.0237. The average molecular weight is 553 g/mol. The molecule has 0 fully saturated rings. The van der Waals surface area contributed by atoms with Crippen LogP contribution in [0.2, 0.25) is 0 Å². The van der Waals surface area contributed by atoms with Crippen LogP contribution in [0.1, 0.15) is 67.9 Å². The Morgan fingerprint density at radius 1 is 1.12 bits per heavy atom. The SMILES string of the molecule is CCOC(=O)CC(c1ccc2c(c1)CN(C(=O)OC(C)(C)C)CC2)c1ccc2c(nnn2CCOCCO)c1C. The molecule has 1 atom stereocenters. The standard InChI is InChI=1S/C30H40N4O6/c1-6-39-27(36)18-25(24-9-10-26-28(20(24)2)31-32-34(26)13-15-38-16-14-35)22-8-7-21-11-12-33(19-23(21)17-22)29(37)40-30(3,4)5/h7-10,17,25,35H,6,11-16,18-19H2,1-5H3. The molecule has 1 N–H and O–H groups in total. The van der Waals surface area contributed by atoms with Crippen molar-refractivity contribution in [2.24, 2.45) is 0 Å². The van der Waals surface area contributed by atoms with Crippen molar-refractivity contribution in [3.05, 3.63) is 58.1 Å². The number of aliphatic hydroxyl groups is 1. The van der Waals surface area contributed by atoms with Crippen LogP contribution in [0.4, 0.5) is 4.79 Å². The van der Waals surface area contributed by atoms with E-state index < -0.39 is 5.60 Å². The fourth-order valence-electron chi connectivity index (χ4n) is 5.11. The van der Waals surface area contributed by atoms with Gasteiger partial charge in [-0.1, -0.05) is 29.5 Å². The molecule has 0 aliphatic carbocycles. The molecule has 1 amide bonds. The maximum atomic E-state index is 12.8. The second kappa shape index (κ2) is 12.8. The lowest BCUT2D eigenvalue weighted by molar-refractivity contribution is -0.143. The van der Waals surface area contributed by atoms with Gasteiger partial charge in [0.05, 0.1) is 44.9 Å². The molecule has 40 heavy (non-hydrogen) atoms. The predicted octanol–water partition coefficient (Wildman–Crippen LogP) is 4.13. The minimum Gasteiger partial charge on any atom is -0.466 e. The van der Waals surface area contributed by atoms with E-state index in [0.717, 1.165) is 39.7 Å². The number of rotatable bonds is 10. The van der Waals surface area contributed by atoms with E-state index >= 15 is 0 Å². The van der Waals surface area contributed by atoms with E-state index in [1.54, 1.807) is 16.5 Å². The van der Waals surface area contributed by atoms with Crippen molar-refractivity contribution < 1.29 is 28.9 Å². The van der Waals surface area contributed by atoms with Gasteiger partial charge in [0.1, 0.15) is 11.1 Å². The molecule has 216 valence electrons. The molecule has 0 bridgehead atoms. The van der Waals surface area contributed by atoms with E-state index in [0.29, 0.717) is 32.8 Å². The van der Waals surface area contributed by atoms with Gasteiger partial charge >= 0.3 is 12.1 Å². The van der Waals surface area contributed by atoms with Crippen LogP contribution in [0, 0.1) is 6.92 Å². The van der Waals surface area contributed by atoms with Gasteiger partial charge in [-0.3, -0.25) is 4.79 Å². The van der Waals surface area contributed by atoms with Gasteiger partial charge < -0.3 is 24.2 Å². The van der Waals surface area contributed by atoms with Gasteiger partial charge in [0, 0.05) is 19.0 Å². The number of hydrogen-bond donors (Lipinski definition) is 1. The summed E-state index contributed by atoms with van der Waals surface area (Å²) in [6.45, 7) is 11.9. The number of esters is 1. The number of aryl methyl sites for hydroxylation is 1. The van der Waals surface area contributed by atoms with Gasteiger partial charge in [-0.25, -0.2) is 9.48 Å². The zero-order chi connectivity index (χ0) is 28.9. The fourth-order valence-corrected chi connectivity index (χ4v) is 5.11. The molecule has 1 aromatic heterocycles. The summed E-state index contributed by atoms with van der Waals surface area (Å²) in [6, 6.07) is 10.3. The number of ether oxygens (including phenoxy) is 3. The number of hydrogen-bond acceptors (Lipinski definition) is 8. The first-order chi connectivity index (χ1) is 19.1. The minimum atomic E-state index is -0.561. The van der Waals surface area contributed by atoms with Crippen molar-refractivity contribution in [2.75, 3.05) is 33.0 Å². The third kappa shape index (κ3) is 6.98. The van der Waals surface area contributed by atoms with Crippen LogP contribution in [-0.4, -0.2) is 75.6 Å². The van der Waals surface area contributed by atoms with Gasteiger partial charge in [-0.15, -0.1) is 5.10 Å². The van der Waals surface area contributed by atoms with Gasteiger partial charge in [0.2, 0.25) is 0 Å². The molecule has 0 saturated carbocycles. The largest absolute Gasteiger partial charge is 0.466 e. The van der Waals surface area contributed by atoms with E-state index in [9.17, 15) is 9.59 Å². The molecule has 1 unspecified atom stereocenters. The van der Waals surface area contributed by atoms with Crippen molar-refractivity contribution >= 4 is 23.1 Å². The third-order valence-corrected chi connectivity index (χ3v) is 7.01. The highest BCUT2D eigenvalue weighted by Crippen LogP contribution is 2.35. The second-order valence-electron chi connectivity index (χ2n) is 11.0. The maximum Gasteiger partial charge on any atom is 0.410 e. The van der Waals surface area contributed by atoms with Crippen LogP contribution < -0.4 is 0 Å². The lowest BCUT2D eigenvalue weighted by Gasteiger charge is -2.32. The summed E-state index contributed by atoms with van der Waals surface area (Å²) in [5, 5.41) is 17.7. The van der Waals surface area contributed by atoms with Crippen LogP contribution in [0.15, 0.2) is 30.3 Å². The lowest BCUT2D eigenvalue weighted by Crippen LogP contribution is -2.39. The lowest BCUT2D eigenvalue weighted by atomic mass is 9.83. The molecule has 0 radical (unpaired) electrons. The topological polar surface area (TPSA) is 116 Å². The Hall–Kier alpha value is -3.50. The summed E-state index contributed by atoms with van der Waals surface area (Å²) in [5.41, 5.74) is 6.23. The molecular weight excluding hydrogens is 512 g/mol. The summed E-state index contributed by atoms with van der Waals surface area (Å²) in [6.07, 6.45) is 0.601. The Morgan fingerprint density at radius 3 is 2.65 bits per heavy atom. The van der Waals surface area contributed by atoms with E-state index in [2.05, 4.69) is 28.5 Å². The number of benzene rings is 2. The van der Waals surface area contributed by atoms with Gasteiger partial charge in [0.25, 0.3) is 0 Å². The molecular formula is C30H40N4O6. The van der Waals surface area contributed by atoms with Crippen molar-refractivity contribution in [2.45, 2.75) is 72.1 Å². The summed E-state index contributed by atoms with van der Waals surface area (Å²) >= 11 is 0. The van der Waals surface area contributed by atoms with Crippen LogP contribution in [0.3, 0.4) is 0 Å². The number of fused-ring (bicyclic) bond motifs is 2. The van der Waals surface area contributed by atoms with Crippen molar-refractivity contribution in [1.29, 1.82) is 0 Å². The number of aliphatic hydroxyl groups excluding tert-OH is 1. The number of carbonyl (C=O) groups is 2. The molecule has 10 heteroatoms. The Balaban J connectivity index is 1.65. The summed E-state index contributed by atoms with van der Waals surface area (Å²) in [5.74, 6) is -0.534. The molecule has 0 spiro atoms. The monoisotopic (exact) mass is 552 g/mol. The summed E-state index contributed by atoms with van der Waals surface area (Å²) < 4.78 is 18.1. The highest BCUT2D eigenvalue weighted by atomic mass is 16.6. The van der Waals surface area contributed by atoms with E-state index in [-0.39, 0.29) is 37.6 Å². The average Bonchev–Trinajstić information content (AvgIpc) is 3.32. The quantitative estimate of drug-likeness (QED) is 0.295. The molecule has 1 aliphatic rings. The Morgan fingerprint density at radius 2 is 1.93 bits per heavy atom. The van der Waals surface area contributed by atoms with E-state index in [4.69, 9.17) is 19.3 Å². The summed E-state index contributed by atoms with van der Waals surface area (Å²) in [7, 11) is 0. The third-order valence-electron chi connectivity index (χ3n) is 7.01. The van der Waals surface area contributed by atoms with Crippen LogP contribution in [0.25, 0.3) is 11.0 Å². The number of carbonyl (C=O) groups excluding carboxylic acids is 2. The zero-order valence-corrected chi connectivity index (χ0v) is 24.1. The van der Waals surface area contributed by atoms with Gasteiger partial charge in [-0.05, 0) is 74.9 Å². The molecule has 2 heterocycles. The molecule has 10 nitrogen and oxygen atoms in total. The molecule has 3 aromatic rings. The Labute approximate surface area is 235 Å². The Bertz CT molecular complexity index is 1350. The van der Waals surface area contributed by atoms with E-state index in [1.165, 1.54) is 5.56 Å². The van der Waals surface area contributed by atoms with Gasteiger partial charge in [0.15, 0.2) is 0 Å². The number of amides is 1. The van der Waals surface area contributed by atoms with Crippen molar-refractivity contribution in [1.82, 2.24) is 19.9 Å². The second-order valence-corrected chi connectivity index (χ2v) is 11.0. The maximum absolute atomic E-state index is 12.8. The number of aromatic nitrogens is 3. The molecule has 4 rings (SSSR count). The van der Waals surface area contributed by atoms with E-state index in [1.807, 2.05) is 39.8 Å². The number of nitrogens with zero attached hydrogens (tertiary/aromatic N) is 4. The highest BCUT2D eigenvalue weighted by molar-refractivity contribution is 5.80. The van der Waals surface area contributed by atoms with Gasteiger partial charge in [-0.2, -0.15) is 0 Å². The molecule has 2 aromatic carbocycles. The van der Waals surface area contributed by atoms with Crippen molar-refractivity contribution in [3.63, 3.8) is 0 Å². The summed E-state index contributed by atoms with van der Waals surface area (Å²) in [4.78, 5) is 27.3. The molecule has 0 saturated heterocycles. The van der Waals surface area contributed by atoms with Crippen LogP contribution in [0.5, 0.6) is 0 Å². The smallest absolute Gasteiger partial charge is 0.410 e. The normalized spacial score (nSPS) is 14.2. The highest BCUT2D eigenvalue weighted by Gasteiger charge is 2.28. The fraction of sp³-hybridized carbons (Fsp3) is 0.533. The molecule has 1 aliphatic heterocycles. The van der Waals surface area contributed by atoms with Crippen LogP contribution in [-0.2, 0) is 38.5 Å². The first kappa shape index (κ1) is 29.5. The van der Waals surface area contributed by atoms with Crippen molar-refractivity contribution in [3.8, 4) is 0 Å². The first-order valence-electron chi connectivity index (χ1n) is 13.9. The zero-order valence-electron chi connectivity index (χ0n) is 24.1. The predicted molar refractivity (Wildman–Crippen MR) is 150 cm³/mol. The first-order valence-corrected chi connectivity index (χ1v) is 13.9.